The molecule has 1 aliphatic rings. The molecule has 0 fully saturated rings. The number of para-hydroxylation sites is 1. The molecule has 18 heavy (non-hydrogen) atoms. The lowest BCUT2D eigenvalue weighted by Crippen LogP contribution is -2.20. The van der Waals surface area contributed by atoms with E-state index in [0.29, 0.717) is 0 Å². The zero-order chi connectivity index (χ0) is 12.4. The molecule has 0 amide bonds. The molecule has 1 N–H and O–H groups in total. The van der Waals surface area contributed by atoms with E-state index in [-0.39, 0.29) is 6.04 Å². The summed E-state index contributed by atoms with van der Waals surface area (Å²) in [6.45, 7) is 0.745. The van der Waals surface area contributed by atoms with Crippen LogP contribution < -0.4 is 10.1 Å². The van der Waals surface area contributed by atoms with Crippen molar-refractivity contribution in [1.29, 1.82) is 0 Å². The lowest BCUT2D eigenvalue weighted by Gasteiger charge is -2.27. The van der Waals surface area contributed by atoms with Crippen LogP contribution in [0.2, 0.25) is 5.02 Å². The third kappa shape index (κ3) is 2.29. The highest BCUT2D eigenvalue weighted by molar-refractivity contribution is 6.30. The number of fused-ring (bicyclic) bond motifs is 1. The Morgan fingerprint density at radius 2 is 2.00 bits per heavy atom. The number of halogens is 1. The Kier molecular flexibility index (Phi) is 3.11. The molecule has 2 aromatic rings. The van der Waals surface area contributed by atoms with E-state index in [0.717, 1.165) is 29.5 Å². The first-order valence-electron chi connectivity index (χ1n) is 6.07. The fourth-order valence-corrected chi connectivity index (χ4v) is 2.46. The summed E-state index contributed by atoms with van der Waals surface area (Å²) in [4.78, 5) is 0. The molecule has 0 saturated heterocycles. The number of ether oxygens (including phenoxy) is 1. The van der Waals surface area contributed by atoms with Gasteiger partial charge in [0.2, 0.25) is 0 Å². The monoisotopic (exact) mass is 259 g/mol. The van der Waals surface area contributed by atoms with Crippen molar-refractivity contribution in [3.63, 3.8) is 0 Å². The summed E-state index contributed by atoms with van der Waals surface area (Å²) in [6, 6.07) is 16.3. The number of anilines is 1. The summed E-state index contributed by atoms with van der Waals surface area (Å²) >= 11 is 6.00. The third-order valence-electron chi connectivity index (χ3n) is 3.12. The number of rotatable bonds is 2. The van der Waals surface area contributed by atoms with Gasteiger partial charge in [-0.3, -0.25) is 0 Å². The van der Waals surface area contributed by atoms with Gasteiger partial charge in [-0.05, 0) is 24.3 Å². The van der Waals surface area contributed by atoms with E-state index in [1.165, 1.54) is 5.56 Å². The van der Waals surface area contributed by atoms with Gasteiger partial charge in [-0.1, -0.05) is 35.9 Å². The molecule has 0 aromatic heterocycles. The van der Waals surface area contributed by atoms with Crippen LogP contribution >= 0.6 is 11.6 Å². The average Bonchev–Trinajstić information content (AvgIpc) is 2.39. The quantitative estimate of drug-likeness (QED) is 0.869. The second-order valence-corrected chi connectivity index (χ2v) is 4.82. The van der Waals surface area contributed by atoms with Crippen LogP contribution in [0.1, 0.15) is 18.0 Å². The topological polar surface area (TPSA) is 21.3 Å². The van der Waals surface area contributed by atoms with Gasteiger partial charge in [0.05, 0.1) is 12.6 Å². The Balaban J connectivity index is 1.86. The normalized spacial score (nSPS) is 17.7. The minimum Gasteiger partial charge on any atom is -0.493 e. The molecule has 2 nitrogen and oxygen atoms in total. The van der Waals surface area contributed by atoms with E-state index in [2.05, 4.69) is 11.4 Å². The summed E-state index contributed by atoms with van der Waals surface area (Å²) < 4.78 is 5.65. The largest absolute Gasteiger partial charge is 0.493 e. The van der Waals surface area contributed by atoms with Crippen molar-refractivity contribution < 1.29 is 4.74 Å². The summed E-state index contributed by atoms with van der Waals surface area (Å²) in [5.41, 5.74) is 2.26. The van der Waals surface area contributed by atoms with Crippen LogP contribution in [-0.4, -0.2) is 6.61 Å². The number of hydrogen-bond donors (Lipinski definition) is 1. The highest BCUT2D eigenvalue weighted by Crippen LogP contribution is 2.34. The zero-order valence-corrected chi connectivity index (χ0v) is 10.7. The minimum atomic E-state index is 0.286. The lowest BCUT2D eigenvalue weighted by molar-refractivity contribution is 0.274. The van der Waals surface area contributed by atoms with Crippen LogP contribution in [0.25, 0.3) is 0 Å². The molecule has 0 spiro atoms. The molecule has 1 aliphatic heterocycles. The Morgan fingerprint density at radius 3 is 2.89 bits per heavy atom. The molecule has 0 bridgehead atoms. The summed E-state index contributed by atoms with van der Waals surface area (Å²) in [7, 11) is 0. The van der Waals surface area contributed by atoms with Crippen LogP contribution in [0.15, 0.2) is 48.5 Å². The molecule has 3 heteroatoms. The van der Waals surface area contributed by atoms with Crippen LogP contribution in [-0.2, 0) is 0 Å². The van der Waals surface area contributed by atoms with E-state index in [1.54, 1.807) is 0 Å². The standard InChI is InChI=1S/C15H14ClNO/c16-11-4-3-5-12(10-11)17-14-8-9-18-15-7-2-1-6-13(14)15/h1-7,10,14,17H,8-9H2. The molecule has 1 atom stereocenters. The molecule has 0 saturated carbocycles. The van der Waals surface area contributed by atoms with Gasteiger partial charge in [0.1, 0.15) is 5.75 Å². The highest BCUT2D eigenvalue weighted by atomic mass is 35.5. The smallest absolute Gasteiger partial charge is 0.124 e. The molecular weight excluding hydrogens is 246 g/mol. The molecule has 92 valence electrons. The Hall–Kier alpha value is -1.67. The molecule has 3 rings (SSSR count). The molecule has 0 radical (unpaired) electrons. The minimum absolute atomic E-state index is 0.286. The van der Waals surface area contributed by atoms with Gasteiger partial charge in [-0.25, -0.2) is 0 Å². The Bertz CT molecular complexity index is 556. The van der Waals surface area contributed by atoms with Crippen LogP contribution in [0.3, 0.4) is 0 Å². The Morgan fingerprint density at radius 1 is 1.11 bits per heavy atom. The van der Waals surface area contributed by atoms with Crippen molar-refractivity contribution in [2.45, 2.75) is 12.5 Å². The SMILES string of the molecule is Clc1cccc(NC2CCOc3ccccc32)c1. The molecule has 1 heterocycles. The number of nitrogens with one attached hydrogen (secondary N) is 1. The van der Waals surface area contributed by atoms with Gasteiger partial charge >= 0.3 is 0 Å². The van der Waals surface area contributed by atoms with E-state index in [1.807, 2.05) is 42.5 Å². The van der Waals surface area contributed by atoms with E-state index in [4.69, 9.17) is 16.3 Å². The second-order valence-electron chi connectivity index (χ2n) is 4.38. The first kappa shape index (κ1) is 11.4. The van der Waals surface area contributed by atoms with Crippen LogP contribution in [0, 0.1) is 0 Å². The Labute approximate surface area is 112 Å². The first-order chi connectivity index (χ1) is 8.83. The van der Waals surface area contributed by atoms with Gasteiger partial charge < -0.3 is 10.1 Å². The van der Waals surface area contributed by atoms with Gasteiger partial charge in [0.15, 0.2) is 0 Å². The van der Waals surface area contributed by atoms with E-state index in [9.17, 15) is 0 Å². The van der Waals surface area contributed by atoms with Crippen molar-refractivity contribution in [3.05, 3.63) is 59.1 Å². The van der Waals surface area contributed by atoms with Crippen LogP contribution in [0.5, 0.6) is 5.75 Å². The van der Waals surface area contributed by atoms with Crippen molar-refractivity contribution >= 4 is 17.3 Å². The van der Waals surface area contributed by atoms with Gasteiger partial charge in [-0.15, -0.1) is 0 Å². The molecular formula is C15H14ClNO. The van der Waals surface area contributed by atoms with Crippen molar-refractivity contribution in [2.75, 3.05) is 11.9 Å². The van der Waals surface area contributed by atoms with Gasteiger partial charge in [-0.2, -0.15) is 0 Å². The predicted octanol–water partition coefficient (Wildman–Crippen LogP) is 4.28. The third-order valence-corrected chi connectivity index (χ3v) is 3.36. The predicted molar refractivity (Wildman–Crippen MR) is 74.4 cm³/mol. The molecule has 0 aliphatic carbocycles. The maximum Gasteiger partial charge on any atom is 0.124 e. The summed E-state index contributed by atoms with van der Waals surface area (Å²) in [5, 5.41) is 4.26. The van der Waals surface area contributed by atoms with E-state index >= 15 is 0 Å². The first-order valence-corrected chi connectivity index (χ1v) is 6.44. The van der Waals surface area contributed by atoms with E-state index < -0.39 is 0 Å². The van der Waals surface area contributed by atoms with Crippen molar-refractivity contribution in [2.24, 2.45) is 0 Å². The number of hydrogen-bond acceptors (Lipinski definition) is 2. The summed E-state index contributed by atoms with van der Waals surface area (Å²) in [6.07, 6.45) is 0.962. The number of benzene rings is 2. The highest BCUT2D eigenvalue weighted by Gasteiger charge is 2.20. The molecule has 1 unspecified atom stereocenters. The van der Waals surface area contributed by atoms with Gasteiger partial charge in [0, 0.05) is 22.7 Å². The van der Waals surface area contributed by atoms with Crippen molar-refractivity contribution in [1.82, 2.24) is 0 Å². The van der Waals surface area contributed by atoms with Crippen LogP contribution in [0.4, 0.5) is 5.69 Å². The summed E-state index contributed by atoms with van der Waals surface area (Å²) in [5.74, 6) is 0.975. The van der Waals surface area contributed by atoms with Gasteiger partial charge in [0.25, 0.3) is 0 Å². The second kappa shape index (κ2) is 4.91. The maximum atomic E-state index is 6.00. The average molecular weight is 260 g/mol. The maximum absolute atomic E-state index is 6.00. The fraction of sp³-hybridized carbons (Fsp3) is 0.200. The molecule has 2 aromatic carbocycles. The van der Waals surface area contributed by atoms with Crippen molar-refractivity contribution in [3.8, 4) is 5.75 Å². The fourth-order valence-electron chi connectivity index (χ4n) is 2.27. The lowest BCUT2D eigenvalue weighted by atomic mass is 10.0. The zero-order valence-electron chi connectivity index (χ0n) is 9.90.